The summed E-state index contributed by atoms with van der Waals surface area (Å²) in [5.41, 5.74) is 0.186. The smallest absolute Gasteiger partial charge is 0.240 e. The predicted molar refractivity (Wildman–Crippen MR) is 72.2 cm³/mol. The monoisotopic (exact) mass is 286 g/mol. The van der Waals surface area contributed by atoms with Gasteiger partial charge in [-0.2, -0.15) is 0 Å². The zero-order valence-electron chi connectivity index (χ0n) is 10.8. The van der Waals surface area contributed by atoms with Crippen molar-refractivity contribution in [2.75, 3.05) is 18.5 Å². The van der Waals surface area contributed by atoms with Gasteiger partial charge in [-0.25, -0.2) is 13.6 Å². The first-order valence-electron chi connectivity index (χ1n) is 5.94. The lowest BCUT2D eigenvalue weighted by molar-refractivity contribution is -0.117. The molecule has 0 saturated heterocycles. The first-order valence-corrected chi connectivity index (χ1v) is 7.49. The van der Waals surface area contributed by atoms with Crippen molar-refractivity contribution in [3.8, 4) is 0 Å². The van der Waals surface area contributed by atoms with Crippen LogP contribution in [0.5, 0.6) is 0 Å². The minimum absolute atomic E-state index is 0.0992. The van der Waals surface area contributed by atoms with Crippen LogP contribution >= 0.6 is 0 Å². The second-order valence-corrected chi connectivity index (χ2v) is 5.48. The lowest BCUT2D eigenvalue weighted by Gasteiger charge is -2.09. The largest absolute Gasteiger partial charge is 0.381 e. The van der Waals surface area contributed by atoms with Crippen molar-refractivity contribution in [2.24, 2.45) is 5.14 Å². The summed E-state index contributed by atoms with van der Waals surface area (Å²) >= 11 is 0. The summed E-state index contributed by atoms with van der Waals surface area (Å²) in [4.78, 5) is 11.5. The van der Waals surface area contributed by atoms with Crippen molar-refractivity contribution in [1.82, 2.24) is 0 Å². The van der Waals surface area contributed by atoms with E-state index in [9.17, 15) is 13.2 Å². The predicted octanol–water partition coefficient (Wildman–Crippen LogP) is 1.09. The molecule has 0 heterocycles. The Labute approximate surface area is 113 Å². The summed E-state index contributed by atoms with van der Waals surface area (Å²) in [7, 11) is -3.85. The number of primary sulfonamides is 1. The van der Waals surface area contributed by atoms with Gasteiger partial charge in [-0.15, -0.1) is 0 Å². The molecule has 0 aliphatic rings. The van der Waals surface area contributed by atoms with E-state index >= 15 is 0 Å². The van der Waals surface area contributed by atoms with Crippen LogP contribution in [-0.2, 0) is 19.6 Å². The maximum absolute atomic E-state index is 11.6. The zero-order chi connectivity index (χ0) is 14.3. The lowest BCUT2D eigenvalue weighted by atomic mass is 10.3. The summed E-state index contributed by atoms with van der Waals surface area (Å²) < 4.78 is 27.9. The van der Waals surface area contributed by atoms with Gasteiger partial charge in [0.1, 0.15) is 4.90 Å². The molecule has 1 aromatic rings. The number of carbonyl (C=O) groups excluding carboxylic acids is 1. The van der Waals surface area contributed by atoms with Gasteiger partial charge in [-0.05, 0) is 18.6 Å². The van der Waals surface area contributed by atoms with E-state index in [1.54, 1.807) is 12.1 Å². The van der Waals surface area contributed by atoms with Gasteiger partial charge in [0, 0.05) is 6.61 Å². The SMILES string of the molecule is CCCOCCC(=O)Nc1ccccc1S(N)(=O)=O. The summed E-state index contributed by atoms with van der Waals surface area (Å²) in [5.74, 6) is -0.313. The Balaban J connectivity index is 2.65. The van der Waals surface area contributed by atoms with Gasteiger partial charge in [0.05, 0.1) is 18.7 Å². The van der Waals surface area contributed by atoms with Crippen LogP contribution < -0.4 is 10.5 Å². The number of rotatable bonds is 7. The van der Waals surface area contributed by atoms with Gasteiger partial charge in [0.25, 0.3) is 0 Å². The van der Waals surface area contributed by atoms with Gasteiger partial charge in [0.2, 0.25) is 15.9 Å². The molecule has 0 saturated carbocycles. The molecule has 0 atom stereocenters. The third kappa shape index (κ3) is 5.37. The molecule has 6 nitrogen and oxygen atoms in total. The fourth-order valence-corrected chi connectivity index (χ4v) is 2.14. The highest BCUT2D eigenvalue weighted by molar-refractivity contribution is 7.89. The van der Waals surface area contributed by atoms with Gasteiger partial charge in [0.15, 0.2) is 0 Å². The molecule has 0 bridgehead atoms. The third-order valence-corrected chi connectivity index (χ3v) is 3.26. The topological polar surface area (TPSA) is 98.5 Å². The van der Waals surface area contributed by atoms with Crippen molar-refractivity contribution < 1.29 is 17.9 Å². The maximum atomic E-state index is 11.6. The highest BCUT2D eigenvalue weighted by atomic mass is 32.2. The molecule has 0 aliphatic heterocycles. The van der Waals surface area contributed by atoms with Crippen molar-refractivity contribution in [3.63, 3.8) is 0 Å². The summed E-state index contributed by atoms with van der Waals surface area (Å²) in [5, 5.41) is 7.59. The van der Waals surface area contributed by atoms with Gasteiger partial charge in [-0.3, -0.25) is 4.79 Å². The standard InChI is InChI=1S/C12H18N2O4S/c1-2-8-18-9-7-12(15)14-10-5-3-4-6-11(10)19(13,16)17/h3-6H,2,7-9H2,1H3,(H,14,15)(H2,13,16,17). The number of hydrogen-bond donors (Lipinski definition) is 2. The van der Waals surface area contributed by atoms with Crippen LogP contribution in [0.3, 0.4) is 0 Å². The molecule has 0 aromatic heterocycles. The highest BCUT2D eigenvalue weighted by Crippen LogP contribution is 2.19. The zero-order valence-corrected chi connectivity index (χ0v) is 11.6. The molecule has 0 radical (unpaired) electrons. The average molecular weight is 286 g/mol. The van der Waals surface area contributed by atoms with Gasteiger partial charge < -0.3 is 10.1 Å². The highest BCUT2D eigenvalue weighted by Gasteiger charge is 2.14. The Morgan fingerprint density at radius 2 is 2.00 bits per heavy atom. The molecule has 19 heavy (non-hydrogen) atoms. The second-order valence-electron chi connectivity index (χ2n) is 3.95. The molecule has 0 unspecified atom stereocenters. The van der Waals surface area contributed by atoms with E-state index in [4.69, 9.17) is 9.88 Å². The Morgan fingerprint density at radius 3 is 2.63 bits per heavy atom. The minimum atomic E-state index is -3.85. The second kappa shape index (κ2) is 7.22. The van der Waals surface area contributed by atoms with Crippen molar-refractivity contribution >= 4 is 21.6 Å². The van der Waals surface area contributed by atoms with Crippen LogP contribution in [0.4, 0.5) is 5.69 Å². The number of carbonyl (C=O) groups is 1. The number of amides is 1. The molecule has 0 spiro atoms. The molecule has 1 rings (SSSR count). The maximum Gasteiger partial charge on any atom is 0.240 e. The third-order valence-electron chi connectivity index (χ3n) is 2.29. The van der Waals surface area contributed by atoms with E-state index in [1.165, 1.54) is 12.1 Å². The van der Waals surface area contributed by atoms with Gasteiger partial charge in [-0.1, -0.05) is 19.1 Å². The van der Waals surface area contributed by atoms with Crippen molar-refractivity contribution in [1.29, 1.82) is 0 Å². The fourth-order valence-electron chi connectivity index (χ4n) is 1.44. The number of nitrogens with two attached hydrogens (primary N) is 1. The van der Waals surface area contributed by atoms with Gasteiger partial charge >= 0.3 is 0 Å². The van der Waals surface area contributed by atoms with Crippen LogP contribution in [0.25, 0.3) is 0 Å². The minimum Gasteiger partial charge on any atom is -0.381 e. The Morgan fingerprint density at radius 1 is 1.32 bits per heavy atom. The van der Waals surface area contributed by atoms with Crippen LogP contribution in [0, 0.1) is 0 Å². The summed E-state index contributed by atoms with van der Waals surface area (Å²) in [6, 6.07) is 6.00. The number of nitrogens with one attached hydrogen (secondary N) is 1. The Hall–Kier alpha value is -1.44. The Bertz CT molecular complexity index is 528. The normalized spacial score (nSPS) is 11.3. The number of benzene rings is 1. The van der Waals surface area contributed by atoms with Crippen molar-refractivity contribution in [3.05, 3.63) is 24.3 Å². The van der Waals surface area contributed by atoms with E-state index < -0.39 is 10.0 Å². The van der Waals surface area contributed by atoms with Crippen LogP contribution in [0.15, 0.2) is 29.2 Å². The Kier molecular flexibility index (Phi) is 5.94. The van der Waals surface area contributed by atoms with E-state index in [1.807, 2.05) is 6.92 Å². The number of anilines is 1. The molecular weight excluding hydrogens is 268 g/mol. The number of para-hydroxylation sites is 1. The van der Waals surface area contributed by atoms with E-state index in [-0.39, 0.29) is 22.9 Å². The summed E-state index contributed by atoms with van der Waals surface area (Å²) in [6.07, 6.45) is 1.05. The number of ether oxygens (including phenoxy) is 1. The first kappa shape index (κ1) is 15.6. The molecular formula is C12H18N2O4S. The average Bonchev–Trinajstić information content (AvgIpc) is 2.34. The van der Waals surface area contributed by atoms with E-state index in [0.717, 1.165) is 6.42 Å². The first-order chi connectivity index (χ1) is 8.95. The molecule has 3 N–H and O–H groups in total. The summed E-state index contributed by atoms with van der Waals surface area (Å²) in [6.45, 7) is 2.88. The number of sulfonamides is 1. The quantitative estimate of drug-likeness (QED) is 0.733. The van der Waals surface area contributed by atoms with E-state index in [2.05, 4.69) is 5.32 Å². The number of hydrogen-bond acceptors (Lipinski definition) is 4. The van der Waals surface area contributed by atoms with Crippen LogP contribution in [0.2, 0.25) is 0 Å². The van der Waals surface area contributed by atoms with Crippen LogP contribution in [0.1, 0.15) is 19.8 Å². The molecule has 7 heteroatoms. The lowest BCUT2D eigenvalue weighted by Crippen LogP contribution is -2.19. The molecule has 1 amide bonds. The fraction of sp³-hybridized carbons (Fsp3) is 0.417. The van der Waals surface area contributed by atoms with Crippen LogP contribution in [-0.4, -0.2) is 27.5 Å². The molecule has 0 fully saturated rings. The van der Waals surface area contributed by atoms with Crippen molar-refractivity contribution in [2.45, 2.75) is 24.7 Å². The van der Waals surface area contributed by atoms with E-state index in [0.29, 0.717) is 13.2 Å². The molecule has 0 aliphatic carbocycles. The molecule has 106 valence electrons. The molecule has 1 aromatic carbocycles.